The molecule has 0 radical (unpaired) electrons. The molecule has 0 bridgehead atoms. The van der Waals surface area contributed by atoms with Gasteiger partial charge in [0.25, 0.3) is 0 Å². The first-order chi connectivity index (χ1) is 15.3. The summed E-state index contributed by atoms with van der Waals surface area (Å²) in [5.41, 5.74) is -2.63. The largest absolute Gasteiger partial charge is 0.420 e. The van der Waals surface area contributed by atoms with E-state index in [1.54, 1.807) is 25.7 Å². The maximum atomic E-state index is 13.6. The van der Waals surface area contributed by atoms with E-state index in [1.165, 1.54) is 7.05 Å². The number of likely N-dealkylation sites (tertiary alicyclic amines) is 1. The quantitative estimate of drug-likeness (QED) is 0.476. The van der Waals surface area contributed by atoms with E-state index in [1.807, 2.05) is 0 Å². The lowest BCUT2D eigenvalue weighted by Gasteiger charge is -2.48. The fraction of sp³-hybridized carbons (Fsp3) is 0.783. The molecule has 0 spiro atoms. The molecule has 182 valence electrons. The van der Waals surface area contributed by atoms with Crippen molar-refractivity contribution in [3.05, 3.63) is 0 Å². The lowest BCUT2D eigenvalue weighted by molar-refractivity contribution is -0.188. The first-order valence-electron chi connectivity index (χ1n) is 11.5. The Morgan fingerprint density at radius 1 is 1.39 bits per heavy atom. The molecule has 0 unspecified atom stereocenters. The van der Waals surface area contributed by atoms with Gasteiger partial charge in [-0.2, -0.15) is 5.26 Å². The molecule has 3 rings (SSSR count). The Labute approximate surface area is 194 Å². The zero-order valence-corrected chi connectivity index (χ0v) is 20.2. The van der Waals surface area contributed by atoms with Crippen molar-refractivity contribution in [2.24, 2.45) is 28.6 Å². The third kappa shape index (κ3) is 4.19. The third-order valence-corrected chi connectivity index (χ3v) is 7.75. The van der Waals surface area contributed by atoms with E-state index in [9.17, 15) is 24.4 Å². The Kier molecular flexibility index (Phi) is 6.50. The first-order valence-corrected chi connectivity index (χ1v) is 11.5. The molecule has 3 aliphatic rings. The zero-order chi connectivity index (χ0) is 24.8. The topological polar surface area (TPSA) is 141 Å². The number of alkyl carbamates (subject to hydrolysis) is 1. The number of carbonyl (C=O) groups excluding carboxylic acids is 4. The Morgan fingerprint density at radius 2 is 2.06 bits per heavy atom. The fourth-order valence-corrected chi connectivity index (χ4v) is 5.59. The number of ether oxygens (including phenoxy) is 1. The van der Waals surface area contributed by atoms with Gasteiger partial charge in [0.05, 0.1) is 12.1 Å². The molecule has 0 aromatic carbocycles. The summed E-state index contributed by atoms with van der Waals surface area (Å²) >= 11 is 0. The lowest BCUT2D eigenvalue weighted by Crippen LogP contribution is -2.67. The molecule has 0 aromatic heterocycles. The molecule has 6 atom stereocenters. The summed E-state index contributed by atoms with van der Waals surface area (Å²) in [5.74, 6) is -0.734. The van der Waals surface area contributed by atoms with Crippen molar-refractivity contribution in [2.75, 3.05) is 20.1 Å². The second-order valence-corrected chi connectivity index (χ2v) is 11.0. The highest BCUT2D eigenvalue weighted by atomic mass is 16.6. The number of amides is 3. The minimum Gasteiger partial charge on any atom is -0.420 e. The van der Waals surface area contributed by atoms with Crippen molar-refractivity contribution in [1.29, 1.82) is 5.26 Å². The number of nitriles is 1. The van der Waals surface area contributed by atoms with Crippen molar-refractivity contribution in [3.8, 4) is 6.07 Å². The Bertz CT molecular complexity index is 875. The van der Waals surface area contributed by atoms with Crippen LogP contribution in [0.4, 0.5) is 4.79 Å². The van der Waals surface area contributed by atoms with Crippen LogP contribution in [-0.2, 0) is 19.1 Å². The number of rotatable bonds is 7. The van der Waals surface area contributed by atoms with E-state index in [0.29, 0.717) is 25.8 Å². The summed E-state index contributed by atoms with van der Waals surface area (Å²) in [5, 5.41) is 17.6. The number of hydrogen-bond donors (Lipinski definition) is 3. The highest BCUT2D eigenvalue weighted by molar-refractivity contribution is 5.86. The van der Waals surface area contributed by atoms with Gasteiger partial charge in [0.2, 0.25) is 17.5 Å². The summed E-state index contributed by atoms with van der Waals surface area (Å²) in [4.78, 5) is 52.0. The van der Waals surface area contributed by atoms with E-state index in [2.05, 4.69) is 35.9 Å². The molecule has 3 amide bonds. The second-order valence-electron chi connectivity index (χ2n) is 11.0. The van der Waals surface area contributed by atoms with Crippen molar-refractivity contribution in [2.45, 2.75) is 65.3 Å². The average molecular weight is 462 g/mol. The summed E-state index contributed by atoms with van der Waals surface area (Å²) in [7, 11) is 1.41. The monoisotopic (exact) mass is 461 g/mol. The zero-order valence-electron chi connectivity index (χ0n) is 20.2. The van der Waals surface area contributed by atoms with Crippen LogP contribution in [0.25, 0.3) is 0 Å². The second kappa shape index (κ2) is 8.60. The van der Waals surface area contributed by atoms with Crippen molar-refractivity contribution in [1.82, 2.24) is 20.9 Å². The van der Waals surface area contributed by atoms with Crippen LogP contribution >= 0.6 is 0 Å². The van der Waals surface area contributed by atoms with Gasteiger partial charge in [0.15, 0.2) is 6.29 Å². The number of aldehydes is 1. The van der Waals surface area contributed by atoms with Crippen molar-refractivity contribution >= 4 is 24.2 Å². The SMILES string of the molecule is CNC(=O)O[C@@](C=O)(N1C[C@H]2[C@@H]([C@H]1C(=O)N[C@H](C#N)C[C@@H]1CCNC1=O)C2(C)C)C(C)(C)C. The van der Waals surface area contributed by atoms with Crippen LogP contribution < -0.4 is 16.0 Å². The molecule has 2 heterocycles. The number of piperidine rings is 1. The van der Waals surface area contributed by atoms with E-state index < -0.39 is 35.2 Å². The lowest BCUT2D eigenvalue weighted by atomic mass is 9.81. The maximum absolute atomic E-state index is 13.6. The third-order valence-electron chi connectivity index (χ3n) is 7.75. The smallest absolute Gasteiger partial charge is 0.409 e. The van der Waals surface area contributed by atoms with Crippen molar-refractivity contribution in [3.63, 3.8) is 0 Å². The molecule has 1 aliphatic carbocycles. The van der Waals surface area contributed by atoms with Crippen LogP contribution in [0.2, 0.25) is 0 Å². The van der Waals surface area contributed by atoms with E-state index in [4.69, 9.17) is 4.74 Å². The van der Waals surface area contributed by atoms with Gasteiger partial charge < -0.3 is 20.7 Å². The normalized spacial score (nSPS) is 30.8. The molecule has 10 heteroatoms. The Balaban J connectivity index is 1.90. The molecule has 3 N–H and O–H groups in total. The molecular formula is C23H35N5O5. The van der Waals surface area contributed by atoms with Gasteiger partial charge in [0.1, 0.15) is 6.04 Å². The number of fused-ring (bicyclic) bond motifs is 1. The highest BCUT2D eigenvalue weighted by Crippen LogP contribution is 2.66. The summed E-state index contributed by atoms with van der Waals surface area (Å²) in [6.07, 6.45) is 0.687. The van der Waals surface area contributed by atoms with Crippen molar-refractivity contribution < 1.29 is 23.9 Å². The minimum atomic E-state index is -1.67. The first kappa shape index (κ1) is 25.0. The van der Waals surface area contributed by atoms with Crippen LogP contribution in [0.15, 0.2) is 0 Å². The van der Waals surface area contributed by atoms with E-state index in [0.717, 1.165) is 0 Å². The summed E-state index contributed by atoms with van der Waals surface area (Å²) in [6, 6.07) is 0.501. The Hall–Kier alpha value is -2.67. The fourth-order valence-electron chi connectivity index (χ4n) is 5.59. The predicted octanol–water partition coefficient (Wildman–Crippen LogP) is 0.775. The van der Waals surface area contributed by atoms with Gasteiger partial charge in [-0.3, -0.25) is 14.4 Å². The molecule has 10 nitrogen and oxygen atoms in total. The molecule has 0 aromatic rings. The van der Waals surface area contributed by atoms with Gasteiger partial charge in [-0.1, -0.05) is 34.6 Å². The molecule has 1 saturated carbocycles. The van der Waals surface area contributed by atoms with E-state index in [-0.39, 0.29) is 35.5 Å². The van der Waals surface area contributed by atoms with Crippen LogP contribution in [-0.4, -0.2) is 67.0 Å². The van der Waals surface area contributed by atoms with Gasteiger partial charge in [-0.15, -0.1) is 0 Å². The van der Waals surface area contributed by atoms with Gasteiger partial charge in [-0.05, 0) is 30.1 Å². The number of nitrogens with zero attached hydrogens (tertiary/aromatic N) is 2. The van der Waals surface area contributed by atoms with Crippen LogP contribution in [0.5, 0.6) is 0 Å². The van der Waals surface area contributed by atoms with Crippen LogP contribution in [0.1, 0.15) is 47.5 Å². The van der Waals surface area contributed by atoms with Crippen LogP contribution in [0, 0.1) is 39.9 Å². The number of carbonyl (C=O) groups is 4. The molecule has 33 heavy (non-hydrogen) atoms. The van der Waals surface area contributed by atoms with Gasteiger partial charge in [0, 0.05) is 31.5 Å². The predicted molar refractivity (Wildman–Crippen MR) is 118 cm³/mol. The minimum absolute atomic E-state index is 0.0541. The molecule has 2 saturated heterocycles. The molecule has 3 fully saturated rings. The number of nitrogens with one attached hydrogen (secondary N) is 3. The molecular weight excluding hydrogens is 426 g/mol. The summed E-state index contributed by atoms with van der Waals surface area (Å²) < 4.78 is 5.67. The Morgan fingerprint density at radius 3 is 2.55 bits per heavy atom. The standard InChI is InChI=1S/C23H35N5O5/c1-21(2,3)23(12-29,33-20(32)25-6)28-11-15-16(22(15,4)5)17(28)19(31)27-14(10-24)9-13-7-8-26-18(13)30/h12-17H,7-9,11H2,1-6H3,(H,25,32)(H,26,30)(H,27,31)/t13-,14-,15-,16-,17-,23+/m0/s1. The van der Waals surface area contributed by atoms with Gasteiger partial charge in [-0.25, -0.2) is 9.69 Å². The van der Waals surface area contributed by atoms with E-state index >= 15 is 0 Å². The average Bonchev–Trinajstić information content (AvgIpc) is 3.11. The summed E-state index contributed by atoms with van der Waals surface area (Å²) in [6.45, 7) is 10.5. The van der Waals surface area contributed by atoms with Gasteiger partial charge >= 0.3 is 6.09 Å². The number of hydrogen-bond acceptors (Lipinski definition) is 7. The van der Waals surface area contributed by atoms with Crippen LogP contribution in [0.3, 0.4) is 0 Å². The molecule has 2 aliphatic heterocycles. The maximum Gasteiger partial charge on any atom is 0.409 e. The highest BCUT2D eigenvalue weighted by Gasteiger charge is 2.73.